The highest BCUT2D eigenvalue weighted by Gasteiger charge is 2.08. The third-order valence-electron chi connectivity index (χ3n) is 3.74. The van der Waals surface area contributed by atoms with Crippen LogP contribution in [-0.4, -0.2) is 4.98 Å². The number of hydrogen-bond donors (Lipinski definition) is 0. The molecule has 0 saturated carbocycles. The van der Waals surface area contributed by atoms with E-state index in [-0.39, 0.29) is 0 Å². The highest BCUT2D eigenvalue weighted by atomic mass is 14.7. The van der Waals surface area contributed by atoms with Gasteiger partial charge in [0.25, 0.3) is 0 Å². The van der Waals surface area contributed by atoms with Crippen molar-refractivity contribution in [1.82, 2.24) is 4.98 Å². The monoisotopic (exact) mass is 235 g/mol. The second-order valence-electron chi connectivity index (χ2n) is 4.90. The normalized spacial score (nSPS) is 13.0. The number of rotatable bonds is 2. The Morgan fingerprint density at radius 1 is 1.00 bits per heavy atom. The molecular weight excluding hydrogens is 218 g/mol. The second-order valence-corrected chi connectivity index (χ2v) is 4.90. The molecule has 3 rings (SSSR count). The Bertz CT molecular complexity index is 700. The van der Waals surface area contributed by atoms with Crippen LogP contribution in [0.5, 0.6) is 0 Å². The molecule has 0 bridgehead atoms. The Labute approximate surface area is 107 Å². The summed E-state index contributed by atoms with van der Waals surface area (Å²) < 4.78 is 0. The fourth-order valence-corrected chi connectivity index (χ4v) is 2.47. The van der Waals surface area contributed by atoms with E-state index in [1.807, 2.05) is 6.07 Å². The van der Waals surface area contributed by atoms with E-state index >= 15 is 0 Å². The number of fused-ring (bicyclic) bond motifs is 2. The van der Waals surface area contributed by atoms with Gasteiger partial charge >= 0.3 is 0 Å². The van der Waals surface area contributed by atoms with Gasteiger partial charge in [0.2, 0.25) is 0 Å². The van der Waals surface area contributed by atoms with Gasteiger partial charge in [0.15, 0.2) is 0 Å². The average Bonchev–Trinajstić information content (AvgIpc) is 2.43. The molecule has 0 radical (unpaired) electrons. The van der Waals surface area contributed by atoms with Gasteiger partial charge in [-0.15, -0.1) is 0 Å². The van der Waals surface area contributed by atoms with Crippen LogP contribution in [0.3, 0.4) is 0 Å². The molecule has 0 aliphatic heterocycles. The van der Waals surface area contributed by atoms with Gasteiger partial charge in [-0.25, -0.2) is 4.98 Å². The maximum atomic E-state index is 4.76. The summed E-state index contributed by atoms with van der Waals surface area (Å²) in [4.78, 5) is 4.76. The third kappa shape index (κ3) is 1.76. The Hall–Kier alpha value is -1.89. The van der Waals surface area contributed by atoms with Crippen LogP contribution in [-0.2, 0) is 0 Å². The van der Waals surface area contributed by atoms with Gasteiger partial charge in [0.1, 0.15) is 0 Å². The van der Waals surface area contributed by atoms with Crippen LogP contribution < -0.4 is 0 Å². The van der Waals surface area contributed by atoms with Crippen LogP contribution in [0.25, 0.3) is 21.8 Å². The quantitative estimate of drug-likeness (QED) is 0.575. The minimum Gasteiger partial charge on any atom is -0.248 e. The SMILES string of the molecule is CCC(C)c1cccc2nc3ccccc3cc12. The number of para-hydroxylation sites is 1. The predicted octanol–water partition coefficient (Wildman–Crippen LogP) is 4.90. The van der Waals surface area contributed by atoms with E-state index in [0.29, 0.717) is 5.92 Å². The molecule has 1 heteroatoms. The molecule has 0 amide bonds. The van der Waals surface area contributed by atoms with E-state index in [1.54, 1.807) is 0 Å². The minimum absolute atomic E-state index is 0.580. The van der Waals surface area contributed by atoms with Crippen LogP contribution >= 0.6 is 0 Å². The molecule has 0 spiro atoms. The number of nitrogens with zero attached hydrogens (tertiary/aromatic N) is 1. The molecule has 0 fully saturated rings. The first kappa shape index (κ1) is 11.2. The highest BCUT2D eigenvalue weighted by molar-refractivity contribution is 5.94. The molecule has 1 nitrogen and oxygen atoms in total. The molecule has 0 aliphatic carbocycles. The van der Waals surface area contributed by atoms with Gasteiger partial charge in [-0.1, -0.05) is 44.2 Å². The first-order valence-electron chi connectivity index (χ1n) is 6.58. The van der Waals surface area contributed by atoms with Crippen molar-refractivity contribution in [3.05, 3.63) is 54.1 Å². The Morgan fingerprint density at radius 3 is 2.61 bits per heavy atom. The van der Waals surface area contributed by atoms with Crippen LogP contribution in [0.4, 0.5) is 0 Å². The fraction of sp³-hybridized carbons (Fsp3) is 0.235. The summed E-state index contributed by atoms with van der Waals surface area (Å²) in [6.45, 7) is 4.52. The molecule has 1 aromatic heterocycles. The van der Waals surface area contributed by atoms with E-state index in [4.69, 9.17) is 4.98 Å². The predicted molar refractivity (Wildman–Crippen MR) is 78.0 cm³/mol. The summed E-state index contributed by atoms with van der Waals surface area (Å²) in [5.41, 5.74) is 3.59. The number of hydrogen-bond acceptors (Lipinski definition) is 1. The van der Waals surface area contributed by atoms with Crippen molar-refractivity contribution < 1.29 is 0 Å². The molecule has 18 heavy (non-hydrogen) atoms. The van der Waals surface area contributed by atoms with Crippen LogP contribution in [0.15, 0.2) is 48.5 Å². The lowest BCUT2D eigenvalue weighted by Crippen LogP contribution is -1.94. The number of benzene rings is 2. The Kier molecular flexibility index (Phi) is 2.75. The van der Waals surface area contributed by atoms with Crippen molar-refractivity contribution in [2.45, 2.75) is 26.2 Å². The largest absolute Gasteiger partial charge is 0.248 e. The lowest BCUT2D eigenvalue weighted by atomic mass is 9.94. The molecule has 2 aromatic carbocycles. The maximum absolute atomic E-state index is 4.76. The lowest BCUT2D eigenvalue weighted by molar-refractivity contribution is 0.739. The number of pyridine rings is 1. The van der Waals surface area contributed by atoms with Gasteiger partial charge in [0.05, 0.1) is 11.0 Å². The smallest absolute Gasteiger partial charge is 0.0712 e. The van der Waals surface area contributed by atoms with Gasteiger partial charge in [-0.3, -0.25) is 0 Å². The molecule has 0 aliphatic rings. The van der Waals surface area contributed by atoms with Gasteiger partial charge in [-0.2, -0.15) is 0 Å². The van der Waals surface area contributed by atoms with E-state index in [2.05, 4.69) is 56.3 Å². The summed E-state index contributed by atoms with van der Waals surface area (Å²) in [5, 5.41) is 2.52. The topological polar surface area (TPSA) is 12.9 Å². The first-order chi connectivity index (χ1) is 8.79. The lowest BCUT2D eigenvalue weighted by Gasteiger charge is -2.12. The summed E-state index contributed by atoms with van der Waals surface area (Å²) in [7, 11) is 0. The van der Waals surface area contributed by atoms with Gasteiger partial charge < -0.3 is 0 Å². The zero-order chi connectivity index (χ0) is 12.5. The maximum Gasteiger partial charge on any atom is 0.0712 e. The van der Waals surface area contributed by atoms with Crippen molar-refractivity contribution in [2.75, 3.05) is 0 Å². The summed E-state index contributed by atoms with van der Waals surface area (Å²) in [6, 6.07) is 17.0. The first-order valence-corrected chi connectivity index (χ1v) is 6.58. The fourth-order valence-electron chi connectivity index (χ4n) is 2.47. The molecule has 1 atom stereocenters. The number of aromatic nitrogens is 1. The third-order valence-corrected chi connectivity index (χ3v) is 3.74. The van der Waals surface area contributed by atoms with E-state index in [9.17, 15) is 0 Å². The second kappa shape index (κ2) is 4.41. The average molecular weight is 235 g/mol. The summed E-state index contributed by atoms with van der Waals surface area (Å²) >= 11 is 0. The molecule has 90 valence electrons. The molecular formula is C17H17N. The van der Waals surface area contributed by atoms with Crippen molar-refractivity contribution in [1.29, 1.82) is 0 Å². The van der Waals surface area contributed by atoms with E-state index in [0.717, 1.165) is 17.5 Å². The standard InChI is InChI=1S/C17H17N/c1-3-12(2)14-8-6-10-17-15(14)11-13-7-4-5-9-16(13)18-17/h4-12H,3H2,1-2H3. The summed E-state index contributed by atoms with van der Waals surface area (Å²) in [6.07, 6.45) is 1.16. The van der Waals surface area contributed by atoms with Crippen molar-refractivity contribution in [3.63, 3.8) is 0 Å². The van der Waals surface area contributed by atoms with Crippen LogP contribution in [0, 0.1) is 0 Å². The minimum atomic E-state index is 0.580. The van der Waals surface area contributed by atoms with Crippen LogP contribution in [0.2, 0.25) is 0 Å². The zero-order valence-corrected chi connectivity index (χ0v) is 10.9. The summed E-state index contributed by atoms with van der Waals surface area (Å²) in [5.74, 6) is 0.580. The van der Waals surface area contributed by atoms with Gasteiger partial charge in [0, 0.05) is 10.8 Å². The zero-order valence-electron chi connectivity index (χ0n) is 10.9. The van der Waals surface area contributed by atoms with Crippen molar-refractivity contribution >= 4 is 21.8 Å². The molecule has 1 heterocycles. The van der Waals surface area contributed by atoms with Crippen molar-refractivity contribution in [2.24, 2.45) is 0 Å². The van der Waals surface area contributed by atoms with E-state index < -0.39 is 0 Å². The van der Waals surface area contributed by atoms with Crippen LogP contribution in [0.1, 0.15) is 31.7 Å². The highest BCUT2D eigenvalue weighted by Crippen LogP contribution is 2.28. The van der Waals surface area contributed by atoms with Crippen molar-refractivity contribution in [3.8, 4) is 0 Å². The van der Waals surface area contributed by atoms with Gasteiger partial charge in [-0.05, 0) is 36.1 Å². The Morgan fingerprint density at radius 2 is 1.78 bits per heavy atom. The Balaban J connectivity index is 2.36. The van der Waals surface area contributed by atoms with E-state index in [1.165, 1.54) is 16.3 Å². The molecule has 3 aromatic rings. The molecule has 1 unspecified atom stereocenters. The molecule has 0 saturated heterocycles. The molecule has 0 N–H and O–H groups in total.